The lowest BCUT2D eigenvalue weighted by Gasteiger charge is -2.38. The Kier molecular flexibility index (Phi) is 5.92. The van der Waals surface area contributed by atoms with Gasteiger partial charge in [0.2, 0.25) is 5.95 Å². The lowest BCUT2D eigenvalue weighted by atomic mass is 10.2. The normalized spacial score (nSPS) is 14.7. The maximum atomic E-state index is 6.06. The number of rotatable bonds is 6. The van der Waals surface area contributed by atoms with Crippen LogP contribution in [0.3, 0.4) is 0 Å². The molecule has 27 heavy (non-hydrogen) atoms. The van der Waals surface area contributed by atoms with E-state index >= 15 is 0 Å². The van der Waals surface area contributed by atoms with Gasteiger partial charge in [0.25, 0.3) is 0 Å². The van der Waals surface area contributed by atoms with Gasteiger partial charge in [-0.3, -0.25) is 0 Å². The number of anilines is 4. The molecule has 0 spiro atoms. The fourth-order valence-electron chi connectivity index (χ4n) is 3.17. The van der Waals surface area contributed by atoms with E-state index in [1.807, 2.05) is 19.1 Å². The van der Waals surface area contributed by atoms with Crippen LogP contribution in [0.1, 0.15) is 11.3 Å². The van der Waals surface area contributed by atoms with Gasteiger partial charge >= 0.3 is 0 Å². The topological polar surface area (TPSA) is 132 Å². The zero-order valence-corrected chi connectivity index (χ0v) is 15.5. The van der Waals surface area contributed by atoms with Gasteiger partial charge in [-0.25, -0.2) is 4.98 Å². The van der Waals surface area contributed by atoms with E-state index in [1.165, 1.54) is 5.69 Å². The fraction of sp³-hybridized carbons (Fsp3) is 0.389. The van der Waals surface area contributed by atoms with Crippen molar-refractivity contribution in [3.05, 3.63) is 35.5 Å². The monoisotopic (exact) mass is 370 g/mol. The van der Waals surface area contributed by atoms with Crippen LogP contribution in [-0.4, -0.2) is 55.5 Å². The molecule has 9 nitrogen and oxygen atoms in total. The molecule has 0 radical (unpaired) electrons. The molecule has 0 aliphatic carbocycles. The molecule has 0 atom stereocenters. The third kappa shape index (κ3) is 4.56. The van der Waals surface area contributed by atoms with Gasteiger partial charge < -0.3 is 31.8 Å². The molecule has 1 saturated heterocycles. The molecule has 3 rings (SSSR count). The number of oxime groups is 1. The predicted octanol–water partition coefficient (Wildman–Crippen LogP) is 0.585. The molecular formula is C18H26N8O. The molecule has 1 aromatic heterocycles. The van der Waals surface area contributed by atoms with Crippen molar-refractivity contribution in [1.82, 2.24) is 9.97 Å². The standard InChI is InChI=1S/C18H26N8O/c1-13-16(17(20)24-18(21)23-13)26-9-7-25(8-10-26)15-4-2-14(3-5-15)12-22-27-11-6-19/h2-5,12H,6-11,19H2,1H3,(H4,20,21,23,24)/b22-12+. The minimum Gasteiger partial charge on any atom is -0.394 e. The van der Waals surface area contributed by atoms with Crippen LogP contribution in [0.15, 0.2) is 29.4 Å². The Morgan fingerprint density at radius 2 is 1.74 bits per heavy atom. The lowest BCUT2D eigenvalue weighted by Crippen LogP contribution is -2.47. The number of hydrogen-bond donors (Lipinski definition) is 3. The predicted molar refractivity (Wildman–Crippen MR) is 109 cm³/mol. The highest BCUT2D eigenvalue weighted by molar-refractivity contribution is 5.80. The Balaban J connectivity index is 1.60. The summed E-state index contributed by atoms with van der Waals surface area (Å²) in [5.74, 6) is 0.651. The summed E-state index contributed by atoms with van der Waals surface area (Å²) in [6, 6.07) is 8.22. The Bertz CT molecular complexity index is 761. The van der Waals surface area contributed by atoms with Gasteiger partial charge in [0.05, 0.1) is 11.9 Å². The number of benzene rings is 1. The average Bonchev–Trinajstić information content (AvgIpc) is 2.66. The van der Waals surface area contributed by atoms with Crippen LogP contribution in [0.2, 0.25) is 0 Å². The molecule has 1 aliphatic heterocycles. The smallest absolute Gasteiger partial charge is 0.222 e. The highest BCUT2D eigenvalue weighted by atomic mass is 16.6. The Hall–Kier alpha value is -3.07. The zero-order chi connectivity index (χ0) is 19.2. The van der Waals surface area contributed by atoms with E-state index in [4.69, 9.17) is 22.0 Å². The molecule has 144 valence electrons. The van der Waals surface area contributed by atoms with Crippen LogP contribution in [0.25, 0.3) is 0 Å². The summed E-state index contributed by atoms with van der Waals surface area (Å²) in [5.41, 5.74) is 20.9. The number of aryl methyl sites for hydroxylation is 1. The molecule has 9 heteroatoms. The second-order valence-corrected chi connectivity index (χ2v) is 6.32. The molecule has 1 aromatic carbocycles. The Morgan fingerprint density at radius 1 is 1.07 bits per heavy atom. The largest absolute Gasteiger partial charge is 0.394 e. The molecule has 1 fully saturated rings. The summed E-state index contributed by atoms with van der Waals surface area (Å²) in [7, 11) is 0. The first-order valence-electron chi connectivity index (χ1n) is 8.93. The van der Waals surface area contributed by atoms with Gasteiger partial charge in [0.1, 0.15) is 12.3 Å². The summed E-state index contributed by atoms with van der Waals surface area (Å²) in [4.78, 5) is 17.9. The third-order valence-electron chi connectivity index (χ3n) is 4.44. The van der Waals surface area contributed by atoms with Crippen molar-refractivity contribution < 1.29 is 4.84 Å². The molecule has 0 unspecified atom stereocenters. The summed E-state index contributed by atoms with van der Waals surface area (Å²) < 4.78 is 0. The quantitative estimate of drug-likeness (QED) is 0.382. The number of nitrogen functional groups attached to an aromatic ring is 2. The van der Waals surface area contributed by atoms with E-state index in [9.17, 15) is 0 Å². The van der Waals surface area contributed by atoms with Crippen molar-refractivity contribution >= 4 is 29.4 Å². The van der Waals surface area contributed by atoms with Crippen LogP contribution in [0, 0.1) is 6.92 Å². The van der Waals surface area contributed by atoms with Crippen LogP contribution in [0.5, 0.6) is 0 Å². The maximum absolute atomic E-state index is 6.06. The Morgan fingerprint density at radius 3 is 2.37 bits per heavy atom. The number of piperazine rings is 1. The van der Waals surface area contributed by atoms with E-state index in [1.54, 1.807) is 6.21 Å². The van der Waals surface area contributed by atoms with E-state index < -0.39 is 0 Å². The number of nitrogens with zero attached hydrogens (tertiary/aromatic N) is 5. The maximum Gasteiger partial charge on any atom is 0.222 e. The zero-order valence-electron chi connectivity index (χ0n) is 15.5. The molecule has 6 N–H and O–H groups in total. The number of hydrogen-bond acceptors (Lipinski definition) is 9. The van der Waals surface area contributed by atoms with E-state index in [0.717, 1.165) is 43.1 Å². The van der Waals surface area contributed by atoms with Gasteiger partial charge in [-0.2, -0.15) is 4.98 Å². The molecule has 0 amide bonds. The van der Waals surface area contributed by atoms with Gasteiger partial charge in [0.15, 0.2) is 5.82 Å². The number of aromatic nitrogens is 2. The molecular weight excluding hydrogens is 344 g/mol. The average molecular weight is 370 g/mol. The minimum atomic E-state index is 0.212. The molecule has 2 aromatic rings. The van der Waals surface area contributed by atoms with Crippen molar-refractivity contribution in [2.45, 2.75) is 6.92 Å². The first kappa shape index (κ1) is 18.7. The van der Waals surface area contributed by atoms with E-state index in [2.05, 4.69) is 37.1 Å². The summed E-state index contributed by atoms with van der Waals surface area (Å²) in [6.07, 6.45) is 1.68. The van der Waals surface area contributed by atoms with Crippen molar-refractivity contribution in [2.24, 2.45) is 10.9 Å². The molecule has 0 bridgehead atoms. The van der Waals surface area contributed by atoms with Gasteiger partial charge in [0, 0.05) is 38.4 Å². The summed E-state index contributed by atoms with van der Waals surface area (Å²) in [5, 5.41) is 3.88. The van der Waals surface area contributed by atoms with Crippen molar-refractivity contribution in [2.75, 3.05) is 60.6 Å². The fourth-order valence-corrected chi connectivity index (χ4v) is 3.17. The summed E-state index contributed by atoms with van der Waals surface area (Å²) in [6.45, 7) is 6.24. The molecule has 1 aliphatic rings. The second-order valence-electron chi connectivity index (χ2n) is 6.32. The van der Waals surface area contributed by atoms with E-state index in [-0.39, 0.29) is 5.95 Å². The number of nitrogens with two attached hydrogens (primary N) is 3. The third-order valence-corrected chi connectivity index (χ3v) is 4.44. The first-order valence-corrected chi connectivity index (χ1v) is 8.93. The summed E-state index contributed by atoms with van der Waals surface area (Å²) >= 11 is 0. The molecule has 0 saturated carbocycles. The van der Waals surface area contributed by atoms with Crippen LogP contribution < -0.4 is 27.0 Å². The second kappa shape index (κ2) is 8.54. The van der Waals surface area contributed by atoms with Crippen LogP contribution in [0.4, 0.5) is 23.1 Å². The van der Waals surface area contributed by atoms with E-state index in [0.29, 0.717) is 19.0 Å². The SMILES string of the molecule is Cc1nc(N)nc(N)c1N1CCN(c2ccc(/C=N/OCCN)cc2)CC1. The minimum absolute atomic E-state index is 0.212. The van der Waals surface area contributed by atoms with Crippen molar-refractivity contribution in [3.8, 4) is 0 Å². The highest BCUT2D eigenvalue weighted by Crippen LogP contribution is 2.27. The van der Waals surface area contributed by atoms with Crippen LogP contribution >= 0.6 is 0 Å². The van der Waals surface area contributed by atoms with Crippen LogP contribution in [-0.2, 0) is 4.84 Å². The first-order chi connectivity index (χ1) is 13.1. The van der Waals surface area contributed by atoms with Crippen molar-refractivity contribution in [3.63, 3.8) is 0 Å². The lowest BCUT2D eigenvalue weighted by molar-refractivity contribution is 0.154. The Labute approximate surface area is 158 Å². The van der Waals surface area contributed by atoms with Gasteiger partial charge in [-0.05, 0) is 24.6 Å². The van der Waals surface area contributed by atoms with Crippen molar-refractivity contribution in [1.29, 1.82) is 0 Å². The highest BCUT2D eigenvalue weighted by Gasteiger charge is 2.22. The molecule has 2 heterocycles. The van der Waals surface area contributed by atoms with Gasteiger partial charge in [-0.15, -0.1) is 0 Å². The van der Waals surface area contributed by atoms with Gasteiger partial charge in [-0.1, -0.05) is 17.3 Å².